The van der Waals surface area contributed by atoms with E-state index in [4.69, 9.17) is 4.52 Å². The smallest absolute Gasteiger partial charge is 0.176 e. The van der Waals surface area contributed by atoms with Gasteiger partial charge in [-0.05, 0) is 43.9 Å². The van der Waals surface area contributed by atoms with Crippen LogP contribution in [0, 0.1) is 11.6 Å². The number of hydrogen-bond donors (Lipinski definition) is 1. The highest BCUT2D eigenvalue weighted by Gasteiger charge is 2.21. The molecular weight excluding hydrogens is 412 g/mol. The van der Waals surface area contributed by atoms with Crippen LogP contribution in [0.5, 0.6) is 0 Å². The fourth-order valence-corrected chi connectivity index (χ4v) is 3.76. The Morgan fingerprint density at radius 1 is 1.00 bits per heavy atom. The summed E-state index contributed by atoms with van der Waals surface area (Å²) >= 11 is 0. The van der Waals surface area contributed by atoms with Crippen LogP contribution in [0.15, 0.2) is 65.7 Å². The molecule has 0 fully saturated rings. The molecule has 1 N–H and O–H groups in total. The Morgan fingerprint density at radius 3 is 2.72 bits per heavy atom. The topological polar surface area (TPSA) is 70.8 Å². The Balaban J connectivity index is 1.61. The van der Waals surface area contributed by atoms with Gasteiger partial charge in [0, 0.05) is 47.2 Å². The maximum absolute atomic E-state index is 14.4. The van der Waals surface area contributed by atoms with Crippen LogP contribution >= 0.6 is 0 Å². The second kappa shape index (κ2) is 7.97. The minimum atomic E-state index is -0.947. The normalized spacial score (nSPS) is 11.5. The first-order chi connectivity index (χ1) is 15.5. The lowest BCUT2D eigenvalue weighted by atomic mass is 10.0. The van der Waals surface area contributed by atoms with Gasteiger partial charge in [0.25, 0.3) is 0 Å². The second-order valence-corrected chi connectivity index (χ2v) is 7.78. The summed E-state index contributed by atoms with van der Waals surface area (Å²) in [5, 5.41) is 4.60. The van der Waals surface area contributed by atoms with Gasteiger partial charge in [0.2, 0.25) is 0 Å². The molecule has 0 aliphatic rings. The SMILES string of the molecule is CN(C)Cc1ccnc(-c2cnc3[nH]cc(-c4oncc4-c4cccc(F)c4F)c3c2)c1. The van der Waals surface area contributed by atoms with E-state index >= 15 is 0 Å². The van der Waals surface area contributed by atoms with Crippen LogP contribution in [0.25, 0.3) is 44.7 Å². The highest BCUT2D eigenvalue weighted by atomic mass is 19.2. The van der Waals surface area contributed by atoms with Gasteiger partial charge in [0.1, 0.15) is 5.65 Å². The molecule has 0 radical (unpaired) electrons. The predicted molar refractivity (Wildman–Crippen MR) is 118 cm³/mol. The Labute approximate surface area is 182 Å². The van der Waals surface area contributed by atoms with Gasteiger partial charge < -0.3 is 14.4 Å². The lowest BCUT2D eigenvalue weighted by Crippen LogP contribution is -2.10. The van der Waals surface area contributed by atoms with E-state index < -0.39 is 11.6 Å². The van der Waals surface area contributed by atoms with Crippen molar-refractivity contribution in [3.05, 3.63) is 78.4 Å². The number of fused-ring (bicyclic) bond motifs is 1. The summed E-state index contributed by atoms with van der Waals surface area (Å²) in [5.74, 6) is -1.55. The van der Waals surface area contributed by atoms with Gasteiger partial charge in [-0.15, -0.1) is 0 Å². The zero-order valence-corrected chi connectivity index (χ0v) is 17.4. The minimum Gasteiger partial charge on any atom is -0.356 e. The van der Waals surface area contributed by atoms with Crippen molar-refractivity contribution in [3.63, 3.8) is 0 Å². The maximum atomic E-state index is 14.4. The molecule has 0 unspecified atom stereocenters. The highest BCUT2D eigenvalue weighted by molar-refractivity contribution is 5.97. The molecule has 0 saturated heterocycles. The van der Waals surface area contributed by atoms with Gasteiger partial charge in [-0.3, -0.25) is 4.98 Å². The van der Waals surface area contributed by atoms with Gasteiger partial charge >= 0.3 is 0 Å². The number of pyridine rings is 2. The molecule has 4 aromatic heterocycles. The first-order valence-electron chi connectivity index (χ1n) is 9.98. The average Bonchev–Trinajstić information content (AvgIpc) is 3.41. The highest BCUT2D eigenvalue weighted by Crippen LogP contribution is 2.38. The van der Waals surface area contributed by atoms with Gasteiger partial charge in [0.15, 0.2) is 17.4 Å². The first-order valence-corrected chi connectivity index (χ1v) is 9.98. The molecule has 0 bridgehead atoms. The van der Waals surface area contributed by atoms with Crippen molar-refractivity contribution in [1.82, 2.24) is 25.0 Å². The number of halogens is 2. The van der Waals surface area contributed by atoms with Crippen molar-refractivity contribution >= 4 is 11.0 Å². The number of aromatic nitrogens is 4. The Bertz CT molecular complexity index is 1420. The van der Waals surface area contributed by atoms with Crippen molar-refractivity contribution < 1.29 is 13.3 Å². The Hall–Kier alpha value is -3.91. The van der Waals surface area contributed by atoms with Crippen molar-refractivity contribution in [3.8, 4) is 33.7 Å². The molecule has 0 aliphatic carbocycles. The van der Waals surface area contributed by atoms with Crippen LogP contribution in [-0.2, 0) is 6.54 Å². The van der Waals surface area contributed by atoms with Crippen LogP contribution in [0.4, 0.5) is 8.78 Å². The molecule has 6 nitrogen and oxygen atoms in total. The van der Waals surface area contributed by atoms with E-state index in [0.717, 1.165) is 34.8 Å². The second-order valence-electron chi connectivity index (χ2n) is 7.78. The van der Waals surface area contributed by atoms with Gasteiger partial charge in [-0.25, -0.2) is 13.8 Å². The number of nitrogens with one attached hydrogen (secondary N) is 1. The summed E-state index contributed by atoms with van der Waals surface area (Å²) in [6.07, 6.45) is 6.63. The van der Waals surface area contributed by atoms with E-state index in [1.807, 2.05) is 32.3 Å². The van der Waals surface area contributed by atoms with Crippen LogP contribution in [0.2, 0.25) is 0 Å². The van der Waals surface area contributed by atoms with Gasteiger partial charge in [-0.1, -0.05) is 17.3 Å². The van der Waals surface area contributed by atoms with Crippen molar-refractivity contribution in [2.24, 2.45) is 0 Å². The van der Waals surface area contributed by atoms with Crippen molar-refractivity contribution in [2.75, 3.05) is 14.1 Å². The van der Waals surface area contributed by atoms with Crippen LogP contribution in [0.1, 0.15) is 5.56 Å². The first kappa shape index (κ1) is 20.0. The van der Waals surface area contributed by atoms with Crippen LogP contribution < -0.4 is 0 Å². The molecule has 0 amide bonds. The average molecular weight is 431 g/mol. The van der Waals surface area contributed by atoms with Gasteiger partial charge in [0.05, 0.1) is 17.5 Å². The summed E-state index contributed by atoms with van der Waals surface area (Å²) in [6, 6.07) is 9.97. The minimum absolute atomic E-state index is 0.0813. The number of aromatic amines is 1. The largest absolute Gasteiger partial charge is 0.356 e. The summed E-state index contributed by atoms with van der Waals surface area (Å²) in [4.78, 5) is 14.2. The predicted octanol–water partition coefficient (Wildman–Crippen LogP) is 5.29. The number of H-pyrrole nitrogens is 1. The third kappa shape index (κ3) is 3.54. The van der Waals surface area contributed by atoms with Crippen LogP contribution in [-0.4, -0.2) is 39.1 Å². The summed E-state index contributed by atoms with van der Waals surface area (Å²) in [7, 11) is 4.02. The fourth-order valence-electron chi connectivity index (χ4n) is 3.76. The van der Waals surface area contributed by atoms with Crippen molar-refractivity contribution in [1.29, 1.82) is 0 Å². The third-order valence-electron chi connectivity index (χ3n) is 5.21. The van der Waals surface area contributed by atoms with Gasteiger partial charge in [-0.2, -0.15) is 0 Å². The number of rotatable bonds is 5. The lowest BCUT2D eigenvalue weighted by molar-refractivity contribution is 0.402. The number of hydrogen-bond acceptors (Lipinski definition) is 5. The summed E-state index contributed by atoms with van der Waals surface area (Å²) in [5.41, 5.74) is 4.48. The summed E-state index contributed by atoms with van der Waals surface area (Å²) in [6.45, 7) is 0.793. The standard InChI is InChI=1S/C24H19F2N5O/c1-31(2)13-14-6-7-27-21(8-14)15-9-17-18(11-29-24(17)28-10-15)23-19(12-30-32-23)16-4-3-5-20(25)22(16)26/h3-12H,13H2,1-2H3,(H,28,29). The molecule has 160 valence electrons. The molecule has 0 atom stereocenters. The lowest BCUT2D eigenvalue weighted by Gasteiger charge is -2.10. The van der Waals surface area contributed by atoms with Crippen LogP contribution in [0.3, 0.4) is 0 Å². The molecule has 0 spiro atoms. The molecule has 1 aromatic carbocycles. The molecule has 4 heterocycles. The van der Waals surface area contributed by atoms with E-state index in [1.54, 1.807) is 18.6 Å². The van der Waals surface area contributed by atoms with E-state index in [9.17, 15) is 8.78 Å². The van der Waals surface area contributed by atoms with E-state index in [-0.39, 0.29) is 5.56 Å². The molecule has 0 aliphatic heterocycles. The van der Waals surface area contributed by atoms with E-state index in [1.165, 1.54) is 18.3 Å². The quantitative estimate of drug-likeness (QED) is 0.410. The summed E-state index contributed by atoms with van der Waals surface area (Å²) < 4.78 is 33.7. The number of benzene rings is 1. The number of nitrogens with zero attached hydrogens (tertiary/aromatic N) is 4. The molecule has 0 saturated carbocycles. The third-order valence-corrected chi connectivity index (χ3v) is 5.21. The molecule has 5 aromatic rings. The molecule has 32 heavy (non-hydrogen) atoms. The van der Waals surface area contributed by atoms with E-state index in [0.29, 0.717) is 22.5 Å². The fraction of sp³-hybridized carbons (Fsp3) is 0.125. The zero-order chi connectivity index (χ0) is 22.2. The van der Waals surface area contributed by atoms with E-state index in [2.05, 4.69) is 25.0 Å². The maximum Gasteiger partial charge on any atom is 0.176 e. The molecule has 5 rings (SSSR count). The Kier molecular flexibility index (Phi) is 4.99. The molecular formula is C24H19F2N5O. The monoisotopic (exact) mass is 431 g/mol. The van der Waals surface area contributed by atoms with Crippen molar-refractivity contribution in [2.45, 2.75) is 6.54 Å². The Morgan fingerprint density at radius 2 is 1.88 bits per heavy atom. The molecule has 8 heteroatoms. The zero-order valence-electron chi connectivity index (χ0n) is 17.4.